The highest BCUT2D eigenvalue weighted by Gasteiger charge is 2.20. The average molecular weight is 386 g/mol. The van der Waals surface area contributed by atoms with Gasteiger partial charge in [0.2, 0.25) is 11.8 Å². The first-order chi connectivity index (χ1) is 13.4. The molecule has 8 nitrogen and oxygen atoms in total. The average Bonchev–Trinajstić information content (AvgIpc) is 2.71. The molecule has 2 amide bonds. The van der Waals surface area contributed by atoms with E-state index >= 15 is 0 Å². The maximum absolute atomic E-state index is 12.5. The van der Waals surface area contributed by atoms with Crippen LogP contribution in [0.3, 0.4) is 0 Å². The number of benzene rings is 2. The second-order valence-electron chi connectivity index (χ2n) is 5.76. The third-order valence-corrected chi connectivity index (χ3v) is 3.95. The molecule has 148 valence electrons. The molecule has 0 aliphatic rings. The monoisotopic (exact) mass is 386 g/mol. The number of carbonyl (C=O) groups is 3. The van der Waals surface area contributed by atoms with Crippen molar-refractivity contribution in [3.63, 3.8) is 0 Å². The van der Waals surface area contributed by atoms with E-state index in [1.165, 1.54) is 45.3 Å². The van der Waals surface area contributed by atoms with E-state index < -0.39 is 11.9 Å². The zero-order valence-corrected chi connectivity index (χ0v) is 16.1. The van der Waals surface area contributed by atoms with Crippen LogP contribution in [-0.4, -0.2) is 45.7 Å². The van der Waals surface area contributed by atoms with Crippen LogP contribution in [-0.2, 0) is 14.3 Å². The van der Waals surface area contributed by atoms with E-state index in [1.54, 1.807) is 30.3 Å². The van der Waals surface area contributed by atoms with Gasteiger partial charge in [0.25, 0.3) is 0 Å². The van der Waals surface area contributed by atoms with Gasteiger partial charge in [-0.1, -0.05) is 0 Å². The summed E-state index contributed by atoms with van der Waals surface area (Å²) < 4.78 is 15.1. The summed E-state index contributed by atoms with van der Waals surface area (Å²) in [4.78, 5) is 37.4. The predicted molar refractivity (Wildman–Crippen MR) is 104 cm³/mol. The van der Waals surface area contributed by atoms with Crippen molar-refractivity contribution in [3.05, 3.63) is 48.0 Å². The number of amides is 2. The van der Waals surface area contributed by atoms with Crippen molar-refractivity contribution >= 4 is 29.2 Å². The Balaban J connectivity index is 2.17. The Labute approximate surface area is 163 Å². The largest absolute Gasteiger partial charge is 0.497 e. The van der Waals surface area contributed by atoms with E-state index in [4.69, 9.17) is 9.47 Å². The lowest BCUT2D eigenvalue weighted by Crippen LogP contribution is -2.37. The van der Waals surface area contributed by atoms with E-state index in [2.05, 4.69) is 10.1 Å². The van der Waals surface area contributed by atoms with Gasteiger partial charge in [-0.2, -0.15) is 0 Å². The van der Waals surface area contributed by atoms with Crippen molar-refractivity contribution in [1.82, 2.24) is 0 Å². The van der Waals surface area contributed by atoms with Crippen LogP contribution in [0, 0.1) is 0 Å². The second-order valence-corrected chi connectivity index (χ2v) is 5.76. The van der Waals surface area contributed by atoms with Crippen molar-refractivity contribution in [1.29, 1.82) is 0 Å². The summed E-state index contributed by atoms with van der Waals surface area (Å²) in [5.41, 5.74) is 1.27. The molecule has 0 saturated carbocycles. The molecule has 0 saturated heterocycles. The van der Waals surface area contributed by atoms with Crippen LogP contribution in [0.25, 0.3) is 0 Å². The third-order valence-electron chi connectivity index (χ3n) is 3.95. The van der Waals surface area contributed by atoms with Gasteiger partial charge in [-0.05, 0) is 36.4 Å². The summed E-state index contributed by atoms with van der Waals surface area (Å²) in [5, 5.41) is 2.69. The van der Waals surface area contributed by atoms with Crippen molar-refractivity contribution < 1.29 is 28.6 Å². The molecule has 0 radical (unpaired) electrons. The number of nitrogens with one attached hydrogen (secondary N) is 1. The molecule has 2 aromatic carbocycles. The van der Waals surface area contributed by atoms with Crippen LogP contribution >= 0.6 is 0 Å². The molecule has 1 N–H and O–H groups in total. The summed E-state index contributed by atoms with van der Waals surface area (Å²) in [6, 6.07) is 11.2. The number of nitrogens with zero attached hydrogens (tertiary/aromatic N) is 1. The van der Waals surface area contributed by atoms with Crippen molar-refractivity contribution in [3.8, 4) is 11.5 Å². The fraction of sp³-hybridized carbons (Fsp3) is 0.250. The summed E-state index contributed by atoms with van der Waals surface area (Å²) >= 11 is 0. The third kappa shape index (κ3) is 5.00. The highest BCUT2D eigenvalue weighted by Crippen LogP contribution is 2.32. The van der Waals surface area contributed by atoms with Crippen molar-refractivity contribution in [2.24, 2.45) is 0 Å². The molecule has 0 aromatic heterocycles. The smallest absolute Gasteiger partial charge is 0.337 e. The topological polar surface area (TPSA) is 94.2 Å². The Bertz CT molecular complexity index is 863. The standard InChI is InChI=1S/C20H22N2O6/c1-13(23)22(17-11-16(26-2)9-10-18(17)27-3)12-19(24)21-15-7-5-14(6-8-15)20(25)28-4/h5-11H,12H2,1-4H3,(H,21,24). The normalized spacial score (nSPS) is 10.0. The van der Waals surface area contributed by atoms with Gasteiger partial charge in [-0.15, -0.1) is 0 Å². The molecule has 0 aliphatic carbocycles. The number of ether oxygens (including phenoxy) is 3. The van der Waals surface area contributed by atoms with Gasteiger partial charge in [0.05, 0.1) is 32.6 Å². The van der Waals surface area contributed by atoms with Gasteiger partial charge < -0.3 is 19.5 Å². The molecular formula is C20H22N2O6. The molecule has 28 heavy (non-hydrogen) atoms. The van der Waals surface area contributed by atoms with Crippen molar-refractivity contribution in [2.75, 3.05) is 38.1 Å². The Morgan fingerprint density at radius 3 is 2.18 bits per heavy atom. The molecule has 0 bridgehead atoms. The Hall–Kier alpha value is -3.55. The predicted octanol–water partition coefficient (Wildman–Crippen LogP) is 2.48. The number of methoxy groups -OCH3 is 3. The quantitative estimate of drug-likeness (QED) is 0.735. The lowest BCUT2D eigenvalue weighted by molar-refractivity contribution is -0.120. The number of hydrogen-bond donors (Lipinski definition) is 1. The van der Waals surface area contributed by atoms with E-state index in [1.807, 2.05) is 0 Å². The fourth-order valence-corrected chi connectivity index (χ4v) is 2.53. The maximum atomic E-state index is 12.5. The molecule has 0 fully saturated rings. The molecule has 2 rings (SSSR count). The highest BCUT2D eigenvalue weighted by molar-refractivity contribution is 6.03. The molecule has 0 aliphatic heterocycles. The van der Waals surface area contributed by atoms with Gasteiger partial charge in [-0.3, -0.25) is 14.5 Å². The van der Waals surface area contributed by atoms with Gasteiger partial charge in [0, 0.05) is 18.7 Å². The summed E-state index contributed by atoms with van der Waals surface area (Å²) in [6.45, 7) is 1.13. The molecule has 8 heteroatoms. The lowest BCUT2D eigenvalue weighted by atomic mass is 10.2. The minimum absolute atomic E-state index is 0.225. The number of anilines is 2. The van der Waals surface area contributed by atoms with Gasteiger partial charge >= 0.3 is 5.97 Å². The Kier molecular flexibility index (Phi) is 6.97. The maximum Gasteiger partial charge on any atom is 0.337 e. The zero-order valence-electron chi connectivity index (χ0n) is 16.1. The zero-order chi connectivity index (χ0) is 20.7. The molecule has 0 heterocycles. The SMILES string of the molecule is COC(=O)c1ccc(NC(=O)CN(C(C)=O)c2cc(OC)ccc2OC)cc1. The summed E-state index contributed by atoms with van der Waals surface area (Å²) in [5.74, 6) is -0.244. The highest BCUT2D eigenvalue weighted by atomic mass is 16.5. The minimum atomic E-state index is -0.467. The Morgan fingerprint density at radius 2 is 1.64 bits per heavy atom. The molecular weight excluding hydrogens is 364 g/mol. The minimum Gasteiger partial charge on any atom is -0.497 e. The van der Waals surface area contributed by atoms with Gasteiger partial charge in [0.1, 0.15) is 18.0 Å². The van der Waals surface area contributed by atoms with Crippen LogP contribution in [0.5, 0.6) is 11.5 Å². The summed E-state index contributed by atoms with van der Waals surface area (Å²) in [6.07, 6.45) is 0. The number of hydrogen-bond acceptors (Lipinski definition) is 6. The first-order valence-electron chi connectivity index (χ1n) is 8.38. The van der Waals surface area contributed by atoms with E-state index in [9.17, 15) is 14.4 Å². The van der Waals surface area contributed by atoms with Crippen LogP contribution in [0.4, 0.5) is 11.4 Å². The van der Waals surface area contributed by atoms with Crippen LogP contribution in [0.1, 0.15) is 17.3 Å². The van der Waals surface area contributed by atoms with Crippen LogP contribution < -0.4 is 19.7 Å². The molecule has 0 atom stereocenters. The number of esters is 1. The van der Waals surface area contributed by atoms with Gasteiger partial charge in [-0.25, -0.2) is 4.79 Å². The van der Waals surface area contributed by atoms with E-state index in [0.29, 0.717) is 28.4 Å². The molecule has 2 aromatic rings. The first kappa shape index (κ1) is 20.8. The fourth-order valence-electron chi connectivity index (χ4n) is 2.53. The lowest BCUT2D eigenvalue weighted by Gasteiger charge is -2.23. The van der Waals surface area contributed by atoms with E-state index in [0.717, 1.165) is 0 Å². The number of carbonyl (C=O) groups excluding carboxylic acids is 3. The Morgan fingerprint density at radius 1 is 0.964 bits per heavy atom. The van der Waals surface area contributed by atoms with Crippen LogP contribution in [0.2, 0.25) is 0 Å². The molecule has 0 unspecified atom stereocenters. The van der Waals surface area contributed by atoms with E-state index in [-0.39, 0.29) is 12.5 Å². The second kappa shape index (κ2) is 9.40. The van der Waals surface area contributed by atoms with Crippen LogP contribution in [0.15, 0.2) is 42.5 Å². The summed E-state index contributed by atoms with van der Waals surface area (Å²) in [7, 11) is 4.28. The number of rotatable bonds is 7. The van der Waals surface area contributed by atoms with Crippen molar-refractivity contribution in [2.45, 2.75) is 6.92 Å². The van der Waals surface area contributed by atoms with Gasteiger partial charge in [0.15, 0.2) is 0 Å². The first-order valence-corrected chi connectivity index (χ1v) is 8.38. The molecule has 0 spiro atoms.